The van der Waals surface area contributed by atoms with Crippen LogP contribution >= 0.6 is 0 Å². The maximum Gasteiger partial charge on any atom is 0.224 e. The largest absolute Gasteiger partial charge is 0.486 e. The van der Waals surface area contributed by atoms with Crippen LogP contribution in [0.1, 0.15) is 28.3 Å². The first-order valence-corrected chi connectivity index (χ1v) is 6.34. The van der Waals surface area contributed by atoms with Gasteiger partial charge in [0.25, 0.3) is 0 Å². The van der Waals surface area contributed by atoms with Crippen LogP contribution in [0.2, 0.25) is 0 Å². The SMILES string of the molecule is O=Cc1ccc(COc2ccc3c(c2)NC(=O)CC3)o1. The van der Waals surface area contributed by atoms with Crippen LogP contribution in [0.4, 0.5) is 5.69 Å². The molecule has 2 heterocycles. The molecular weight excluding hydrogens is 258 g/mol. The van der Waals surface area contributed by atoms with Crippen molar-refractivity contribution in [1.29, 1.82) is 0 Å². The molecule has 1 amide bonds. The summed E-state index contributed by atoms with van der Waals surface area (Å²) in [6.07, 6.45) is 1.92. The molecule has 0 aliphatic carbocycles. The molecule has 5 heteroatoms. The molecule has 5 nitrogen and oxygen atoms in total. The van der Waals surface area contributed by atoms with Crippen molar-refractivity contribution in [3.05, 3.63) is 47.4 Å². The molecule has 0 spiro atoms. The molecule has 102 valence electrons. The molecule has 1 aliphatic heterocycles. The number of amides is 1. The van der Waals surface area contributed by atoms with E-state index in [1.54, 1.807) is 18.2 Å². The summed E-state index contributed by atoms with van der Waals surface area (Å²) >= 11 is 0. The van der Waals surface area contributed by atoms with E-state index in [0.717, 1.165) is 17.7 Å². The van der Waals surface area contributed by atoms with Crippen molar-refractivity contribution in [1.82, 2.24) is 0 Å². The summed E-state index contributed by atoms with van der Waals surface area (Å²) in [5, 5.41) is 2.82. The molecule has 1 aromatic heterocycles. The van der Waals surface area contributed by atoms with E-state index in [1.165, 1.54) is 0 Å². The van der Waals surface area contributed by atoms with Crippen molar-refractivity contribution in [2.45, 2.75) is 19.4 Å². The maximum absolute atomic E-state index is 11.4. The van der Waals surface area contributed by atoms with Gasteiger partial charge < -0.3 is 14.5 Å². The van der Waals surface area contributed by atoms with E-state index in [1.807, 2.05) is 12.1 Å². The van der Waals surface area contributed by atoms with E-state index >= 15 is 0 Å². The first kappa shape index (κ1) is 12.5. The van der Waals surface area contributed by atoms with Gasteiger partial charge in [-0.15, -0.1) is 0 Å². The minimum atomic E-state index is 0.0244. The number of aryl methyl sites for hydroxylation is 1. The summed E-state index contributed by atoms with van der Waals surface area (Å²) in [5.74, 6) is 1.53. The third kappa shape index (κ3) is 2.56. The standard InChI is InChI=1S/C15H13NO4/c17-8-12-4-5-13(20-12)9-19-11-3-1-10-2-6-15(18)16-14(10)7-11/h1,3-5,7-8H,2,6,9H2,(H,16,18). The van der Waals surface area contributed by atoms with Gasteiger partial charge in [0, 0.05) is 18.2 Å². The van der Waals surface area contributed by atoms with Gasteiger partial charge in [-0.05, 0) is 30.2 Å². The number of rotatable bonds is 4. The van der Waals surface area contributed by atoms with Crippen molar-refractivity contribution >= 4 is 17.9 Å². The molecule has 0 unspecified atom stereocenters. The van der Waals surface area contributed by atoms with Crippen LogP contribution < -0.4 is 10.1 Å². The van der Waals surface area contributed by atoms with Crippen LogP contribution in [0, 0.1) is 0 Å². The molecule has 20 heavy (non-hydrogen) atoms. The summed E-state index contributed by atoms with van der Waals surface area (Å²) in [6, 6.07) is 8.90. The fourth-order valence-corrected chi connectivity index (χ4v) is 2.13. The minimum Gasteiger partial charge on any atom is -0.486 e. The zero-order valence-corrected chi connectivity index (χ0v) is 10.7. The average molecular weight is 271 g/mol. The number of benzene rings is 1. The van der Waals surface area contributed by atoms with Gasteiger partial charge in [-0.2, -0.15) is 0 Å². The van der Waals surface area contributed by atoms with E-state index in [0.29, 0.717) is 24.2 Å². The number of anilines is 1. The Bertz CT molecular complexity index is 660. The Labute approximate surface area is 115 Å². The fraction of sp³-hybridized carbons (Fsp3) is 0.200. The van der Waals surface area contributed by atoms with Gasteiger partial charge in [-0.25, -0.2) is 0 Å². The molecular formula is C15H13NO4. The van der Waals surface area contributed by atoms with E-state index in [-0.39, 0.29) is 18.3 Å². The lowest BCUT2D eigenvalue weighted by Crippen LogP contribution is -2.18. The zero-order valence-electron chi connectivity index (χ0n) is 10.7. The predicted octanol–water partition coefficient (Wildman–Crippen LogP) is 2.56. The highest BCUT2D eigenvalue weighted by molar-refractivity contribution is 5.94. The summed E-state index contributed by atoms with van der Waals surface area (Å²) in [6.45, 7) is 0.237. The van der Waals surface area contributed by atoms with Crippen LogP contribution in [0.25, 0.3) is 0 Å². The van der Waals surface area contributed by atoms with Crippen LogP contribution in [0.5, 0.6) is 5.75 Å². The number of fused-ring (bicyclic) bond motifs is 1. The Morgan fingerprint density at radius 1 is 1.25 bits per heavy atom. The highest BCUT2D eigenvalue weighted by atomic mass is 16.5. The van der Waals surface area contributed by atoms with E-state index < -0.39 is 0 Å². The van der Waals surface area contributed by atoms with Crippen LogP contribution in [0.15, 0.2) is 34.7 Å². The summed E-state index contributed by atoms with van der Waals surface area (Å²) in [4.78, 5) is 21.9. The number of hydrogen-bond acceptors (Lipinski definition) is 4. The van der Waals surface area contributed by atoms with Crippen LogP contribution in [-0.4, -0.2) is 12.2 Å². The number of carbonyl (C=O) groups is 2. The lowest BCUT2D eigenvalue weighted by Gasteiger charge is -2.17. The molecule has 0 radical (unpaired) electrons. The molecule has 1 N–H and O–H groups in total. The molecule has 0 saturated heterocycles. The third-order valence-corrected chi connectivity index (χ3v) is 3.16. The predicted molar refractivity (Wildman–Crippen MR) is 71.8 cm³/mol. The Kier molecular flexibility index (Phi) is 3.25. The van der Waals surface area contributed by atoms with Gasteiger partial charge in [0.2, 0.25) is 5.91 Å². The molecule has 2 aromatic rings. The quantitative estimate of drug-likeness (QED) is 0.868. The second kappa shape index (κ2) is 5.21. The highest BCUT2D eigenvalue weighted by Crippen LogP contribution is 2.27. The van der Waals surface area contributed by atoms with E-state index in [9.17, 15) is 9.59 Å². The van der Waals surface area contributed by atoms with E-state index in [2.05, 4.69) is 5.32 Å². The third-order valence-electron chi connectivity index (χ3n) is 3.16. The van der Waals surface area contributed by atoms with Crippen molar-refractivity contribution in [2.24, 2.45) is 0 Å². The molecule has 0 atom stereocenters. The van der Waals surface area contributed by atoms with Gasteiger partial charge >= 0.3 is 0 Å². The van der Waals surface area contributed by atoms with E-state index in [4.69, 9.17) is 9.15 Å². The highest BCUT2D eigenvalue weighted by Gasteiger charge is 2.15. The van der Waals surface area contributed by atoms with Gasteiger partial charge in [0.15, 0.2) is 12.0 Å². The molecule has 0 saturated carbocycles. The lowest BCUT2D eigenvalue weighted by atomic mass is 10.0. The first-order valence-electron chi connectivity index (χ1n) is 6.34. The molecule has 0 fully saturated rings. The second-order valence-electron chi connectivity index (χ2n) is 4.58. The molecule has 1 aliphatic rings. The van der Waals surface area contributed by atoms with Gasteiger partial charge in [0.05, 0.1) is 0 Å². The van der Waals surface area contributed by atoms with Crippen molar-refractivity contribution in [2.75, 3.05) is 5.32 Å². The Balaban J connectivity index is 1.70. The number of furan rings is 1. The Hall–Kier alpha value is -2.56. The number of nitrogens with one attached hydrogen (secondary N) is 1. The van der Waals surface area contributed by atoms with Crippen molar-refractivity contribution < 1.29 is 18.7 Å². The summed E-state index contributed by atoms with van der Waals surface area (Å²) < 4.78 is 10.8. The fourth-order valence-electron chi connectivity index (χ4n) is 2.13. The van der Waals surface area contributed by atoms with Gasteiger partial charge in [-0.3, -0.25) is 9.59 Å². The monoisotopic (exact) mass is 271 g/mol. The van der Waals surface area contributed by atoms with Gasteiger partial charge in [0.1, 0.15) is 18.1 Å². The Morgan fingerprint density at radius 2 is 2.15 bits per heavy atom. The summed E-state index contributed by atoms with van der Waals surface area (Å²) in [7, 11) is 0. The van der Waals surface area contributed by atoms with Crippen molar-refractivity contribution in [3.63, 3.8) is 0 Å². The number of ether oxygens (including phenoxy) is 1. The van der Waals surface area contributed by atoms with Crippen LogP contribution in [0.3, 0.4) is 0 Å². The molecule has 3 rings (SSSR count). The zero-order chi connectivity index (χ0) is 13.9. The second-order valence-corrected chi connectivity index (χ2v) is 4.58. The number of carbonyl (C=O) groups excluding carboxylic acids is 2. The smallest absolute Gasteiger partial charge is 0.224 e. The average Bonchev–Trinajstić information content (AvgIpc) is 2.92. The Morgan fingerprint density at radius 3 is 2.95 bits per heavy atom. The molecule has 1 aromatic carbocycles. The number of hydrogen-bond donors (Lipinski definition) is 1. The number of aldehydes is 1. The first-order chi connectivity index (χ1) is 9.74. The van der Waals surface area contributed by atoms with Crippen molar-refractivity contribution in [3.8, 4) is 5.75 Å². The minimum absolute atomic E-state index is 0.0244. The van der Waals surface area contributed by atoms with Crippen LogP contribution in [-0.2, 0) is 17.8 Å². The normalized spacial score (nSPS) is 13.5. The summed E-state index contributed by atoms with van der Waals surface area (Å²) in [5.41, 5.74) is 1.91. The van der Waals surface area contributed by atoms with Gasteiger partial charge in [-0.1, -0.05) is 6.07 Å². The lowest BCUT2D eigenvalue weighted by molar-refractivity contribution is -0.116. The topological polar surface area (TPSA) is 68.5 Å². The maximum atomic E-state index is 11.4. The molecule has 0 bridgehead atoms.